The van der Waals surface area contributed by atoms with Crippen LogP contribution in [0, 0.1) is 0 Å². The second kappa shape index (κ2) is 8.17. The molecule has 0 aliphatic carbocycles. The first-order chi connectivity index (χ1) is 11.9. The molecule has 1 aromatic rings. The molecule has 25 heavy (non-hydrogen) atoms. The number of ether oxygens (including phenoxy) is 3. The summed E-state index contributed by atoms with van der Waals surface area (Å²) in [5.74, 6) is -0.108. The maximum atomic E-state index is 12.3. The molecule has 1 N–H and O–H groups in total. The lowest BCUT2D eigenvalue weighted by molar-refractivity contribution is -0.142. The zero-order valence-electron chi connectivity index (χ0n) is 13.9. The smallest absolute Gasteiger partial charge is 0.343 e. The molecule has 1 saturated heterocycles. The number of hydrogen-bond acceptors (Lipinski definition) is 6. The number of hydrogen-bond donors (Lipinski definition) is 1. The van der Waals surface area contributed by atoms with Crippen molar-refractivity contribution in [2.24, 2.45) is 0 Å². The van der Waals surface area contributed by atoms with Gasteiger partial charge in [-0.25, -0.2) is 4.79 Å². The molecular weight excluding hydrogens is 368 g/mol. The monoisotopic (exact) mass is 384 g/mol. The van der Waals surface area contributed by atoms with E-state index in [0.29, 0.717) is 33.7 Å². The third-order valence-electron chi connectivity index (χ3n) is 3.43. The fraction of sp³-hybridized carbons (Fsp3) is 0.312. The van der Waals surface area contributed by atoms with Crippen LogP contribution in [0.2, 0.25) is 5.02 Å². The first-order valence-electron chi connectivity index (χ1n) is 7.33. The van der Waals surface area contributed by atoms with E-state index in [4.69, 9.17) is 33.3 Å². The minimum atomic E-state index is -0.529. The van der Waals surface area contributed by atoms with Gasteiger partial charge in [0, 0.05) is 12.6 Å². The number of amides is 1. The maximum Gasteiger partial charge on any atom is 0.343 e. The van der Waals surface area contributed by atoms with E-state index in [2.05, 4.69) is 10.1 Å². The molecule has 1 heterocycles. The number of nitrogens with zero attached hydrogens (tertiary/aromatic N) is 1. The highest BCUT2D eigenvalue weighted by Crippen LogP contribution is 2.34. The zero-order valence-corrected chi connectivity index (χ0v) is 15.5. The summed E-state index contributed by atoms with van der Waals surface area (Å²) in [6.07, 6.45) is 1.58. The molecule has 1 amide bonds. The van der Waals surface area contributed by atoms with Gasteiger partial charge in [-0.2, -0.15) is 0 Å². The first-order valence-corrected chi connectivity index (χ1v) is 8.11. The minimum absolute atomic E-state index is 0.228. The summed E-state index contributed by atoms with van der Waals surface area (Å²) in [7, 11) is 2.72. The summed E-state index contributed by atoms with van der Waals surface area (Å²) < 4.78 is 15.1. The van der Waals surface area contributed by atoms with Crippen molar-refractivity contribution in [2.45, 2.75) is 6.92 Å². The SMILES string of the molecule is CCN1C(=O)/C(=C\c2cc(OC)c(OCC(=O)OC)cc2Cl)NC1=S. The molecule has 0 radical (unpaired) electrons. The molecule has 0 bridgehead atoms. The Balaban J connectivity index is 2.31. The fourth-order valence-electron chi connectivity index (χ4n) is 2.14. The molecule has 0 spiro atoms. The maximum absolute atomic E-state index is 12.3. The third-order valence-corrected chi connectivity index (χ3v) is 4.08. The van der Waals surface area contributed by atoms with Gasteiger partial charge in [-0.3, -0.25) is 9.69 Å². The van der Waals surface area contributed by atoms with Crippen LogP contribution in [0.5, 0.6) is 11.5 Å². The number of nitrogens with one attached hydrogen (secondary N) is 1. The van der Waals surface area contributed by atoms with Crippen LogP contribution in [0.1, 0.15) is 12.5 Å². The Morgan fingerprint density at radius 2 is 2.08 bits per heavy atom. The summed E-state index contributed by atoms with van der Waals surface area (Å²) in [6.45, 7) is 2.03. The van der Waals surface area contributed by atoms with Gasteiger partial charge in [-0.05, 0) is 36.8 Å². The van der Waals surface area contributed by atoms with Gasteiger partial charge in [0.15, 0.2) is 23.2 Å². The van der Waals surface area contributed by atoms with Crippen molar-refractivity contribution >= 4 is 46.9 Å². The zero-order chi connectivity index (χ0) is 18.6. The predicted molar refractivity (Wildman–Crippen MR) is 96.6 cm³/mol. The number of rotatable bonds is 6. The molecule has 2 rings (SSSR count). The molecule has 1 aromatic carbocycles. The second-order valence-electron chi connectivity index (χ2n) is 4.93. The lowest BCUT2D eigenvalue weighted by Gasteiger charge is -2.12. The summed E-state index contributed by atoms with van der Waals surface area (Å²) >= 11 is 11.4. The molecule has 9 heteroatoms. The van der Waals surface area contributed by atoms with Gasteiger partial charge < -0.3 is 19.5 Å². The van der Waals surface area contributed by atoms with Gasteiger partial charge in [0.25, 0.3) is 5.91 Å². The van der Waals surface area contributed by atoms with Gasteiger partial charge >= 0.3 is 5.97 Å². The second-order valence-corrected chi connectivity index (χ2v) is 5.72. The topological polar surface area (TPSA) is 77.1 Å². The van der Waals surface area contributed by atoms with Crippen LogP contribution in [-0.2, 0) is 14.3 Å². The largest absolute Gasteiger partial charge is 0.493 e. The van der Waals surface area contributed by atoms with Gasteiger partial charge in [0.1, 0.15) is 5.70 Å². The van der Waals surface area contributed by atoms with Crippen LogP contribution in [0.25, 0.3) is 6.08 Å². The van der Waals surface area contributed by atoms with E-state index in [0.717, 1.165) is 0 Å². The Kier molecular flexibility index (Phi) is 6.22. The number of likely N-dealkylation sites (N-methyl/N-ethyl adjacent to an activating group) is 1. The van der Waals surface area contributed by atoms with E-state index in [-0.39, 0.29) is 18.3 Å². The number of benzene rings is 1. The predicted octanol–water partition coefficient (Wildman–Crippen LogP) is 1.98. The van der Waals surface area contributed by atoms with E-state index in [9.17, 15) is 9.59 Å². The number of thiocarbonyl (C=S) groups is 1. The molecule has 0 unspecified atom stereocenters. The number of halogens is 1. The van der Waals surface area contributed by atoms with Crippen molar-refractivity contribution in [3.05, 3.63) is 28.4 Å². The Bertz CT molecular complexity index is 750. The first kappa shape index (κ1) is 19.0. The summed E-state index contributed by atoms with van der Waals surface area (Å²) in [5, 5.41) is 3.53. The average Bonchev–Trinajstić information content (AvgIpc) is 2.87. The summed E-state index contributed by atoms with van der Waals surface area (Å²) in [4.78, 5) is 24.9. The molecule has 0 saturated carbocycles. The number of carbonyl (C=O) groups is 2. The van der Waals surface area contributed by atoms with E-state index in [1.165, 1.54) is 25.2 Å². The van der Waals surface area contributed by atoms with E-state index >= 15 is 0 Å². The van der Waals surface area contributed by atoms with Crippen molar-refractivity contribution in [1.82, 2.24) is 10.2 Å². The number of carbonyl (C=O) groups excluding carboxylic acids is 2. The van der Waals surface area contributed by atoms with Crippen molar-refractivity contribution < 1.29 is 23.8 Å². The lowest BCUT2D eigenvalue weighted by atomic mass is 10.1. The minimum Gasteiger partial charge on any atom is -0.493 e. The van der Waals surface area contributed by atoms with Crippen LogP contribution in [0.15, 0.2) is 17.8 Å². The number of esters is 1. The van der Waals surface area contributed by atoms with Gasteiger partial charge in [-0.15, -0.1) is 0 Å². The summed E-state index contributed by atoms with van der Waals surface area (Å²) in [6, 6.07) is 3.11. The normalized spacial score (nSPS) is 15.4. The molecule has 0 aromatic heterocycles. The summed E-state index contributed by atoms with van der Waals surface area (Å²) in [5.41, 5.74) is 0.861. The van der Waals surface area contributed by atoms with Gasteiger partial charge in [0.05, 0.1) is 19.2 Å². The van der Waals surface area contributed by atoms with Crippen LogP contribution in [-0.4, -0.2) is 49.3 Å². The van der Waals surface area contributed by atoms with Crippen LogP contribution in [0.3, 0.4) is 0 Å². The molecule has 1 aliphatic rings. The van der Waals surface area contributed by atoms with Crippen molar-refractivity contribution in [3.63, 3.8) is 0 Å². The Labute approximate surface area is 155 Å². The Hall–Kier alpha value is -2.32. The standard InChI is InChI=1S/C16H17ClN2O5S/c1-4-19-15(21)11(18-16(19)25)5-9-6-12(22-2)13(7-10(9)17)24-8-14(20)23-3/h5-7H,4,8H2,1-3H3,(H,18,25)/b11-5+. The molecule has 1 aliphatic heterocycles. The molecule has 134 valence electrons. The van der Waals surface area contributed by atoms with Crippen LogP contribution < -0.4 is 14.8 Å². The fourth-order valence-corrected chi connectivity index (χ4v) is 2.67. The number of methoxy groups -OCH3 is 2. The van der Waals surface area contributed by atoms with E-state index < -0.39 is 5.97 Å². The quantitative estimate of drug-likeness (QED) is 0.456. The van der Waals surface area contributed by atoms with Gasteiger partial charge in [0.2, 0.25) is 0 Å². The molecule has 0 atom stereocenters. The van der Waals surface area contributed by atoms with Crippen molar-refractivity contribution in [1.29, 1.82) is 0 Å². The molecule has 1 fully saturated rings. The third kappa shape index (κ3) is 4.21. The van der Waals surface area contributed by atoms with Crippen molar-refractivity contribution in [3.8, 4) is 11.5 Å². The van der Waals surface area contributed by atoms with Crippen molar-refractivity contribution in [2.75, 3.05) is 27.4 Å². The van der Waals surface area contributed by atoms with E-state index in [1.807, 2.05) is 6.92 Å². The Morgan fingerprint density at radius 3 is 2.64 bits per heavy atom. The highest BCUT2D eigenvalue weighted by molar-refractivity contribution is 7.80. The highest BCUT2D eigenvalue weighted by atomic mass is 35.5. The molecular formula is C16H17ClN2O5S. The van der Waals surface area contributed by atoms with Crippen LogP contribution in [0.4, 0.5) is 0 Å². The lowest BCUT2D eigenvalue weighted by Crippen LogP contribution is -2.30. The average molecular weight is 385 g/mol. The van der Waals surface area contributed by atoms with Crippen LogP contribution >= 0.6 is 23.8 Å². The highest BCUT2D eigenvalue weighted by Gasteiger charge is 2.29. The van der Waals surface area contributed by atoms with E-state index in [1.54, 1.807) is 12.1 Å². The van der Waals surface area contributed by atoms with Gasteiger partial charge in [-0.1, -0.05) is 11.6 Å². The Morgan fingerprint density at radius 1 is 1.36 bits per heavy atom. The molecule has 7 nitrogen and oxygen atoms in total.